The van der Waals surface area contributed by atoms with E-state index in [-0.39, 0.29) is 0 Å². The van der Waals surface area contributed by atoms with Crippen molar-refractivity contribution in [2.24, 2.45) is 10.8 Å². The van der Waals surface area contributed by atoms with Crippen molar-refractivity contribution in [3.05, 3.63) is 0 Å². The maximum atomic E-state index is 11.3. The molecule has 0 spiro atoms. The molecule has 0 saturated heterocycles. The van der Waals surface area contributed by atoms with Gasteiger partial charge in [-0.05, 0) is 10.8 Å². The maximum absolute atomic E-state index is 11.3. The average Bonchev–Trinajstić information content (AvgIpc) is 2.28. The van der Waals surface area contributed by atoms with Gasteiger partial charge < -0.3 is 31.1 Å². The summed E-state index contributed by atoms with van der Waals surface area (Å²) in [6.07, 6.45) is -5.66. The Hall–Kier alpha value is -1.54. The number of carboxylic acid groups (broad SMARTS) is 2. The summed E-state index contributed by atoms with van der Waals surface area (Å²) in [5.74, 6) is 0. The van der Waals surface area contributed by atoms with Crippen LogP contribution in [0, 0.1) is 10.8 Å². The van der Waals surface area contributed by atoms with E-state index in [1.54, 1.807) is 41.5 Å². The van der Waals surface area contributed by atoms with Crippen LogP contribution in [0.2, 0.25) is 0 Å². The van der Waals surface area contributed by atoms with Crippen molar-refractivity contribution in [2.75, 3.05) is 6.54 Å². The topological polar surface area (TPSA) is 139 Å². The zero-order chi connectivity index (χ0) is 17.9. The SMILES string of the molecule is CC(C)(C)C(NC(=O)O)(C(O)C(O)CNC(=O)O)C(C)(C)C. The molecule has 2 amide bonds. The van der Waals surface area contributed by atoms with Gasteiger partial charge >= 0.3 is 12.2 Å². The first-order valence-electron chi connectivity index (χ1n) is 7.01. The zero-order valence-electron chi connectivity index (χ0n) is 14.0. The van der Waals surface area contributed by atoms with E-state index in [4.69, 9.17) is 5.11 Å². The number of hydrogen-bond donors (Lipinski definition) is 6. The van der Waals surface area contributed by atoms with E-state index < -0.39 is 47.3 Å². The van der Waals surface area contributed by atoms with Crippen molar-refractivity contribution in [3.8, 4) is 0 Å². The van der Waals surface area contributed by atoms with E-state index in [1.807, 2.05) is 5.32 Å². The van der Waals surface area contributed by atoms with Gasteiger partial charge in [0.15, 0.2) is 0 Å². The Morgan fingerprint density at radius 1 is 0.909 bits per heavy atom. The van der Waals surface area contributed by atoms with Crippen molar-refractivity contribution in [3.63, 3.8) is 0 Å². The minimum Gasteiger partial charge on any atom is -0.465 e. The molecule has 0 aromatic heterocycles. The van der Waals surface area contributed by atoms with Crippen LogP contribution in [-0.4, -0.2) is 56.9 Å². The van der Waals surface area contributed by atoms with Crippen LogP contribution in [0.4, 0.5) is 9.59 Å². The molecular formula is C14H28N2O6. The molecule has 2 unspecified atom stereocenters. The van der Waals surface area contributed by atoms with Crippen molar-refractivity contribution < 1.29 is 30.0 Å². The number of amides is 2. The van der Waals surface area contributed by atoms with Crippen LogP contribution in [0.1, 0.15) is 41.5 Å². The lowest BCUT2D eigenvalue weighted by molar-refractivity contribution is -0.122. The summed E-state index contributed by atoms with van der Waals surface area (Å²) < 4.78 is 0. The summed E-state index contributed by atoms with van der Waals surface area (Å²) in [6, 6.07) is 0. The molecule has 0 radical (unpaired) electrons. The number of hydrogen-bond acceptors (Lipinski definition) is 4. The minimum absolute atomic E-state index is 0.411. The first kappa shape index (κ1) is 20.5. The van der Waals surface area contributed by atoms with E-state index in [1.165, 1.54) is 0 Å². The van der Waals surface area contributed by atoms with Gasteiger partial charge in [-0.15, -0.1) is 0 Å². The largest absolute Gasteiger partial charge is 0.465 e. The summed E-state index contributed by atoms with van der Waals surface area (Å²) in [6.45, 7) is 10.1. The number of nitrogens with one attached hydrogen (secondary N) is 2. The summed E-state index contributed by atoms with van der Waals surface area (Å²) in [4.78, 5) is 21.8. The first-order valence-corrected chi connectivity index (χ1v) is 7.01. The fraction of sp³-hybridized carbons (Fsp3) is 0.857. The molecule has 130 valence electrons. The maximum Gasteiger partial charge on any atom is 0.405 e. The van der Waals surface area contributed by atoms with Gasteiger partial charge in [-0.2, -0.15) is 0 Å². The highest BCUT2D eigenvalue weighted by Crippen LogP contribution is 2.47. The molecule has 0 fully saturated rings. The molecule has 0 aliphatic rings. The van der Waals surface area contributed by atoms with Crippen LogP contribution >= 0.6 is 0 Å². The van der Waals surface area contributed by atoms with Crippen LogP contribution < -0.4 is 10.6 Å². The van der Waals surface area contributed by atoms with Crippen LogP contribution in [0.15, 0.2) is 0 Å². The monoisotopic (exact) mass is 320 g/mol. The predicted molar refractivity (Wildman–Crippen MR) is 80.8 cm³/mol. The Labute approximate surface area is 130 Å². The number of rotatable bonds is 5. The molecule has 0 rings (SSSR count). The van der Waals surface area contributed by atoms with E-state index in [0.29, 0.717) is 0 Å². The average molecular weight is 320 g/mol. The van der Waals surface area contributed by atoms with Crippen molar-refractivity contribution in [1.82, 2.24) is 10.6 Å². The normalized spacial score (nSPS) is 15.8. The van der Waals surface area contributed by atoms with Gasteiger partial charge in [0.25, 0.3) is 0 Å². The Bertz CT molecular complexity index is 397. The lowest BCUT2D eigenvalue weighted by Gasteiger charge is -2.56. The summed E-state index contributed by atoms with van der Waals surface area (Å²) >= 11 is 0. The lowest BCUT2D eigenvalue weighted by atomic mass is 9.56. The molecule has 8 nitrogen and oxygen atoms in total. The third-order valence-electron chi connectivity index (χ3n) is 3.94. The summed E-state index contributed by atoms with van der Waals surface area (Å²) in [5.41, 5.74) is -2.92. The Balaban J connectivity index is 5.83. The molecule has 22 heavy (non-hydrogen) atoms. The van der Waals surface area contributed by atoms with E-state index in [9.17, 15) is 24.9 Å². The molecule has 0 aliphatic carbocycles. The highest BCUT2D eigenvalue weighted by Gasteiger charge is 2.58. The van der Waals surface area contributed by atoms with Crippen LogP contribution in [-0.2, 0) is 0 Å². The van der Waals surface area contributed by atoms with Crippen LogP contribution in [0.25, 0.3) is 0 Å². The Kier molecular flexibility index (Phi) is 6.23. The first-order chi connectivity index (χ1) is 9.66. The quantitative estimate of drug-likeness (QED) is 0.448. The molecule has 2 atom stereocenters. The van der Waals surface area contributed by atoms with E-state index in [2.05, 4.69) is 5.32 Å². The molecule has 8 heteroatoms. The number of aliphatic hydroxyl groups excluding tert-OH is 2. The highest BCUT2D eigenvalue weighted by atomic mass is 16.4. The number of carbonyl (C=O) groups is 2. The van der Waals surface area contributed by atoms with Crippen LogP contribution in [0.5, 0.6) is 0 Å². The third-order valence-corrected chi connectivity index (χ3v) is 3.94. The zero-order valence-corrected chi connectivity index (χ0v) is 14.0. The van der Waals surface area contributed by atoms with E-state index >= 15 is 0 Å². The van der Waals surface area contributed by atoms with Gasteiger partial charge in [0.2, 0.25) is 0 Å². The molecule has 0 saturated carbocycles. The molecule has 0 bridgehead atoms. The van der Waals surface area contributed by atoms with Crippen molar-refractivity contribution in [1.29, 1.82) is 0 Å². The van der Waals surface area contributed by atoms with Gasteiger partial charge in [0.1, 0.15) is 6.10 Å². The van der Waals surface area contributed by atoms with Gasteiger partial charge in [-0.25, -0.2) is 9.59 Å². The second kappa shape index (κ2) is 6.70. The molecule has 0 heterocycles. The molecular weight excluding hydrogens is 292 g/mol. The molecule has 0 aliphatic heterocycles. The lowest BCUT2D eigenvalue weighted by Crippen LogP contribution is -2.73. The predicted octanol–water partition coefficient (Wildman–Crippen LogP) is 1.07. The molecule has 0 aromatic rings. The fourth-order valence-corrected chi connectivity index (χ4v) is 3.22. The fourth-order valence-electron chi connectivity index (χ4n) is 3.22. The highest BCUT2D eigenvalue weighted by molar-refractivity contribution is 5.66. The molecule has 6 N–H and O–H groups in total. The van der Waals surface area contributed by atoms with Gasteiger partial charge in [0.05, 0.1) is 11.6 Å². The van der Waals surface area contributed by atoms with Gasteiger partial charge in [-0.3, -0.25) is 0 Å². The number of aliphatic hydroxyl groups is 2. The van der Waals surface area contributed by atoms with Gasteiger partial charge in [-0.1, -0.05) is 41.5 Å². The van der Waals surface area contributed by atoms with Crippen LogP contribution in [0.3, 0.4) is 0 Å². The summed E-state index contributed by atoms with van der Waals surface area (Å²) in [7, 11) is 0. The smallest absolute Gasteiger partial charge is 0.405 e. The molecule has 0 aromatic carbocycles. The second-order valence-electron chi connectivity index (χ2n) is 7.44. The summed E-state index contributed by atoms with van der Waals surface area (Å²) in [5, 5.41) is 43.0. The Morgan fingerprint density at radius 2 is 1.32 bits per heavy atom. The second-order valence-corrected chi connectivity index (χ2v) is 7.44. The van der Waals surface area contributed by atoms with Crippen molar-refractivity contribution >= 4 is 12.2 Å². The van der Waals surface area contributed by atoms with Crippen molar-refractivity contribution in [2.45, 2.75) is 59.3 Å². The third kappa shape index (κ3) is 4.23. The van der Waals surface area contributed by atoms with E-state index in [0.717, 1.165) is 0 Å². The minimum atomic E-state index is -1.52. The van der Waals surface area contributed by atoms with Gasteiger partial charge in [0, 0.05) is 6.54 Å². The standard InChI is InChI=1S/C14H28N2O6/c1-12(2,3)14(13(4,5)6,16-11(21)22)9(18)8(17)7-15-10(19)20/h8-9,15-18H,7H2,1-6H3,(H,19,20)(H,21,22). The Morgan fingerprint density at radius 3 is 1.59 bits per heavy atom.